The number of likely N-dealkylation sites (N-methyl/N-ethyl adjacent to an activating group) is 1. The molecule has 4 aromatic carbocycles. The quantitative estimate of drug-likeness (QED) is 0.181. The molecule has 0 aromatic heterocycles. The monoisotopic (exact) mass is 647 g/mol. The summed E-state index contributed by atoms with van der Waals surface area (Å²) >= 11 is 6.13. The minimum Gasteiger partial charge on any atom is -0.494 e. The Morgan fingerprint density at radius 3 is 2.09 bits per heavy atom. The summed E-state index contributed by atoms with van der Waals surface area (Å²) in [4.78, 5) is 29.5. The molecule has 0 heterocycles. The van der Waals surface area contributed by atoms with E-state index in [4.69, 9.17) is 16.3 Å². The van der Waals surface area contributed by atoms with E-state index in [1.165, 1.54) is 17.0 Å². The highest BCUT2D eigenvalue weighted by molar-refractivity contribution is 7.92. The largest absolute Gasteiger partial charge is 0.494 e. The number of hydrogen-bond donors (Lipinski definition) is 1. The molecule has 1 unspecified atom stereocenters. The van der Waals surface area contributed by atoms with Crippen molar-refractivity contribution in [2.45, 2.75) is 44.7 Å². The molecule has 0 saturated heterocycles. The molecule has 236 valence electrons. The fourth-order valence-electron chi connectivity index (χ4n) is 4.87. The summed E-state index contributed by atoms with van der Waals surface area (Å²) in [5.41, 5.74) is 2.79. The van der Waals surface area contributed by atoms with Gasteiger partial charge in [0.25, 0.3) is 10.0 Å². The van der Waals surface area contributed by atoms with Gasteiger partial charge in [-0.15, -0.1) is 0 Å². The molecule has 0 fully saturated rings. The summed E-state index contributed by atoms with van der Waals surface area (Å²) in [6, 6.07) is 28.5. The van der Waals surface area contributed by atoms with Gasteiger partial charge in [0.1, 0.15) is 18.3 Å². The van der Waals surface area contributed by atoms with E-state index >= 15 is 0 Å². The lowest BCUT2D eigenvalue weighted by atomic mass is 10.0. The highest BCUT2D eigenvalue weighted by atomic mass is 35.5. The number of nitrogens with one attached hydrogen (secondary N) is 1. The number of halogens is 1. The van der Waals surface area contributed by atoms with Crippen LogP contribution in [0.1, 0.15) is 30.5 Å². The summed E-state index contributed by atoms with van der Waals surface area (Å²) in [5.74, 6) is -0.303. The number of carbonyl (C=O) groups is 2. The summed E-state index contributed by atoms with van der Waals surface area (Å²) in [5, 5.41) is 3.40. The Labute approximate surface area is 270 Å². The standard InChI is InChI=1S/C35H38ClN3O5S/c1-4-37-35(41)33(23-27-9-7-6-8-10-27)38(24-28-13-15-29(36)16-14-28)34(40)25-39(30-17-19-31(20-18-30)44-5-2)45(42,43)32-21-11-26(3)12-22-32/h6-22,33H,4-5,23-25H2,1-3H3,(H,37,41). The van der Waals surface area contributed by atoms with Crippen molar-refractivity contribution >= 4 is 39.1 Å². The van der Waals surface area contributed by atoms with E-state index in [2.05, 4.69) is 5.32 Å². The first-order valence-electron chi connectivity index (χ1n) is 14.8. The van der Waals surface area contributed by atoms with Crippen LogP contribution in [0.4, 0.5) is 5.69 Å². The number of sulfonamides is 1. The predicted octanol–water partition coefficient (Wildman–Crippen LogP) is 6.02. The van der Waals surface area contributed by atoms with E-state index in [1.807, 2.05) is 51.1 Å². The van der Waals surface area contributed by atoms with Crippen LogP contribution in [0.3, 0.4) is 0 Å². The van der Waals surface area contributed by atoms with Crippen LogP contribution in [-0.4, -0.2) is 50.9 Å². The van der Waals surface area contributed by atoms with E-state index < -0.39 is 28.5 Å². The third-order valence-electron chi connectivity index (χ3n) is 7.21. The van der Waals surface area contributed by atoms with Crippen LogP contribution in [-0.2, 0) is 32.6 Å². The van der Waals surface area contributed by atoms with E-state index in [0.717, 1.165) is 21.0 Å². The molecule has 0 aliphatic rings. The van der Waals surface area contributed by atoms with Gasteiger partial charge in [-0.2, -0.15) is 0 Å². The molecule has 4 aromatic rings. The van der Waals surface area contributed by atoms with E-state index in [9.17, 15) is 18.0 Å². The highest BCUT2D eigenvalue weighted by Crippen LogP contribution is 2.27. The lowest BCUT2D eigenvalue weighted by Crippen LogP contribution is -2.53. The minimum absolute atomic E-state index is 0.0450. The molecule has 1 atom stereocenters. The Bertz CT molecular complexity index is 1660. The molecule has 10 heteroatoms. The van der Waals surface area contributed by atoms with Crippen LogP contribution in [0.15, 0.2) is 108 Å². The maximum Gasteiger partial charge on any atom is 0.264 e. The maximum absolute atomic E-state index is 14.4. The summed E-state index contributed by atoms with van der Waals surface area (Å²) in [7, 11) is -4.19. The van der Waals surface area contributed by atoms with Gasteiger partial charge in [0, 0.05) is 24.5 Å². The van der Waals surface area contributed by atoms with Gasteiger partial charge < -0.3 is 15.0 Å². The second-order valence-electron chi connectivity index (χ2n) is 10.5. The van der Waals surface area contributed by atoms with Crippen LogP contribution in [0.2, 0.25) is 5.02 Å². The molecule has 45 heavy (non-hydrogen) atoms. The van der Waals surface area contributed by atoms with Gasteiger partial charge in [-0.3, -0.25) is 13.9 Å². The molecule has 0 bridgehead atoms. The van der Waals surface area contributed by atoms with Crippen molar-refractivity contribution in [2.75, 3.05) is 24.0 Å². The molecule has 0 radical (unpaired) electrons. The zero-order valence-corrected chi connectivity index (χ0v) is 27.2. The Hall–Kier alpha value is -4.34. The number of aryl methyl sites for hydroxylation is 1. The molecule has 4 rings (SSSR count). The molecule has 1 N–H and O–H groups in total. The molecule has 0 aliphatic carbocycles. The van der Waals surface area contributed by atoms with Gasteiger partial charge in [0.2, 0.25) is 11.8 Å². The van der Waals surface area contributed by atoms with Crippen LogP contribution in [0, 0.1) is 6.92 Å². The van der Waals surface area contributed by atoms with Crippen molar-refractivity contribution in [2.24, 2.45) is 0 Å². The number of carbonyl (C=O) groups excluding carboxylic acids is 2. The lowest BCUT2D eigenvalue weighted by molar-refractivity contribution is -0.140. The SMILES string of the molecule is CCNC(=O)C(Cc1ccccc1)N(Cc1ccc(Cl)cc1)C(=O)CN(c1ccc(OCC)cc1)S(=O)(=O)c1ccc(C)cc1. The number of rotatable bonds is 14. The zero-order chi connectivity index (χ0) is 32.4. The fourth-order valence-corrected chi connectivity index (χ4v) is 6.41. The van der Waals surface area contributed by atoms with Gasteiger partial charge >= 0.3 is 0 Å². The van der Waals surface area contributed by atoms with Crippen molar-refractivity contribution in [1.82, 2.24) is 10.2 Å². The number of nitrogens with zero attached hydrogens (tertiary/aromatic N) is 2. The normalized spacial score (nSPS) is 11.8. The number of hydrogen-bond acceptors (Lipinski definition) is 5. The number of benzene rings is 4. The third kappa shape index (κ3) is 8.86. The molecular weight excluding hydrogens is 610 g/mol. The molecule has 2 amide bonds. The van der Waals surface area contributed by atoms with E-state index in [1.54, 1.807) is 60.7 Å². The summed E-state index contributed by atoms with van der Waals surface area (Å²) in [6.45, 7) is 5.88. The van der Waals surface area contributed by atoms with Gasteiger partial charge in [0.15, 0.2) is 0 Å². The van der Waals surface area contributed by atoms with Crippen LogP contribution < -0.4 is 14.4 Å². The Kier molecular flexibility index (Phi) is 11.6. The topological polar surface area (TPSA) is 96.0 Å². The smallest absolute Gasteiger partial charge is 0.264 e. The second-order valence-corrected chi connectivity index (χ2v) is 12.8. The van der Waals surface area contributed by atoms with Crippen LogP contribution >= 0.6 is 11.6 Å². The molecule has 8 nitrogen and oxygen atoms in total. The number of amides is 2. The average molecular weight is 648 g/mol. The average Bonchev–Trinajstić information content (AvgIpc) is 3.03. The molecule has 0 aliphatic heterocycles. The van der Waals surface area contributed by atoms with Gasteiger partial charge in [-0.25, -0.2) is 8.42 Å². The third-order valence-corrected chi connectivity index (χ3v) is 9.25. The van der Waals surface area contributed by atoms with E-state index in [-0.39, 0.29) is 29.5 Å². The highest BCUT2D eigenvalue weighted by Gasteiger charge is 2.34. The van der Waals surface area contributed by atoms with Crippen molar-refractivity contribution < 1.29 is 22.7 Å². The van der Waals surface area contributed by atoms with Gasteiger partial charge in [-0.05, 0) is 80.4 Å². The Balaban J connectivity index is 1.79. The van der Waals surface area contributed by atoms with Crippen molar-refractivity contribution in [3.8, 4) is 5.75 Å². The minimum atomic E-state index is -4.19. The van der Waals surface area contributed by atoms with Crippen molar-refractivity contribution in [3.63, 3.8) is 0 Å². The second kappa shape index (κ2) is 15.6. The first kappa shape index (κ1) is 33.6. The lowest BCUT2D eigenvalue weighted by Gasteiger charge is -2.34. The summed E-state index contributed by atoms with van der Waals surface area (Å²) < 4.78 is 34.9. The summed E-state index contributed by atoms with van der Waals surface area (Å²) in [6.07, 6.45) is 0.236. The number of ether oxygens (including phenoxy) is 1. The first-order valence-corrected chi connectivity index (χ1v) is 16.6. The Morgan fingerprint density at radius 2 is 1.49 bits per heavy atom. The van der Waals surface area contributed by atoms with Crippen LogP contribution in [0.25, 0.3) is 0 Å². The Morgan fingerprint density at radius 1 is 0.844 bits per heavy atom. The zero-order valence-electron chi connectivity index (χ0n) is 25.6. The molecule has 0 saturated carbocycles. The predicted molar refractivity (Wildman–Crippen MR) is 178 cm³/mol. The fraction of sp³-hybridized carbons (Fsp3) is 0.257. The van der Waals surface area contributed by atoms with E-state index in [0.29, 0.717) is 23.9 Å². The number of anilines is 1. The maximum atomic E-state index is 14.4. The first-order chi connectivity index (χ1) is 21.6. The van der Waals surface area contributed by atoms with Gasteiger partial charge in [-0.1, -0.05) is 71.8 Å². The van der Waals surface area contributed by atoms with Crippen molar-refractivity contribution in [1.29, 1.82) is 0 Å². The van der Waals surface area contributed by atoms with Crippen molar-refractivity contribution in [3.05, 3.63) is 125 Å². The molecule has 0 spiro atoms. The van der Waals surface area contributed by atoms with Gasteiger partial charge in [0.05, 0.1) is 17.2 Å². The molecular formula is C35H38ClN3O5S. The van der Waals surface area contributed by atoms with Crippen LogP contribution in [0.5, 0.6) is 5.75 Å².